The first-order valence-electron chi connectivity index (χ1n) is 6.45. The third-order valence-electron chi connectivity index (χ3n) is 3.40. The number of aromatic carboxylic acids is 1. The molecule has 0 radical (unpaired) electrons. The van der Waals surface area contributed by atoms with Gasteiger partial charge in [-0.3, -0.25) is 4.98 Å². The van der Waals surface area contributed by atoms with E-state index >= 15 is 0 Å². The molecule has 0 fully saturated rings. The van der Waals surface area contributed by atoms with Crippen molar-refractivity contribution in [2.75, 3.05) is 7.11 Å². The van der Waals surface area contributed by atoms with E-state index < -0.39 is 5.97 Å². The van der Waals surface area contributed by atoms with Crippen LogP contribution in [0.15, 0.2) is 54.9 Å². The van der Waals surface area contributed by atoms with Gasteiger partial charge in [0, 0.05) is 28.9 Å². The monoisotopic (exact) mass is 279 g/mol. The van der Waals surface area contributed by atoms with E-state index in [1.54, 1.807) is 31.6 Å². The molecule has 0 aliphatic heterocycles. The zero-order chi connectivity index (χ0) is 14.8. The lowest BCUT2D eigenvalue weighted by Crippen LogP contribution is -1.98. The van der Waals surface area contributed by atoms with Gasteiger partial charge in [0.25, 0.3) is 0 Å². The van der Waals surface area contributed by atoms with E-state index in [1.807, 2.05) is 24.3 Å². The van der Waals surface area contributed by atoms with Crippen LogP contribution in [-0.4, -0.2) is 23.2 Å². The van der Waals surface area contributed by atoms with Crippen LogP contribution in [0, 0.1) is 0 Å². The number of hydrogen-bond donors (Lipinski definition) is 1. The number of carboxylic acid groups (broad SMARTS) is 1. The molecule has 104 valence electrons. The van der Waals surface area contributed by atoms with Crippen LogP contribution < -0.4 is 4.74 Å². The quantitative estimate of drug-likeness (QED) is 0.795. The Bertz CT molecular complexity index is 822. The first-order chi connectivity index (χ1) is 10.2. The van der Waals surface area contributed by atoms with E-state index in [0.717, 1.165) is 21.9 Å². The fraction of sp³-hybridized carbons (Fsp3) is 0.0588. The lowest BCUT2D eigenvalue weighted by atomic mass is 9.98. The summed E-state index contributed by atoms with van der Waals surface area (Å²) in [5, 5.41) is 11.2. The zero-order valence-corrected chi connectivity index (χ0v) is 11.4. The predicted octanol–water partition coefficient (Wildman–Crippen LogP) is 3.61. The Morgan fingerprint density at radius 3 is 2.67 bits per heavy atom. The highest BCUT2D eigenvalue weighted by atomic mass is 16.5. The zero-order valence-electron chi connectivity index (χ0n) is 11.4. The van der Waals surface area contributed by atoms with Gasteiger partial charge in [0.1, 0.15) is 5.75 Å². The molecule has 0 amide bonds. The molecule has 2 aromatic carbocycles. The van der Waals surface area contributed by atoms with Gasteiger partial charge in [0.15, 0.2) is 0 Å². The Kier molecular flexibility index (Phi) is 3.28. The number of nitrogens with zero attached hydrogens (tertiary/aromatic N) is 1. The van der Waals surface area contributed by atoms with E-state index in [9.17, 15) is 9.90 Å². The second-order valence-corrected chi connectivity index (χ2v) is 4.63. The summed E-state index contributed by atoms with van der Waals surface area (Å²) in [6, 6.07) is 12.7. The van der Waals surface area contributed by atoms with Gasteiger partial charge in [0.2, 0.25) is 0 Å². The van der Waals surface area contributed by atoms with Crippen molar-refractivity contribution in [2.24, 2.45) is 0 Å². The minimum absolute atomic E-state index is 0.221. The molecule has 3 rings (SSSR count). The number of aromatic nitrogens is 1. The Morgan fingerprint density at radius 2 is 1.90 bits per heavy atom. The van der Waals surface area contributed by atoms with Crippen LogP contribution in [0.2, 0.25) is 0 Å². The number of hydrogen-bond acceptors (Lipinski definition) is 3. The van der Waals surface area contributed by atoms with Gasteiger partial charge in [-0.1, -0.05) is 24.3 Å². The molecule has 0 saturated carbocycles. The second-order valence-electron chi connectivity index (χ2n) is 4.63. The average Bonchev–Trinajstić information content (AvgIpc) is 2.53. The van der Waals surface area contributed by atoms with Crippen molar-refractivity contribution in [2.45, 2.75) is 0 Å². The normalized spacial score (nSPS) is 10.5. The summed E-state index contributed by atoms with van der Waals surface area (Å²) < 4.78 is 5.36. The van der Waals surface area contributed by atoms with Crippen LogP contribution in [0.3, 0.4) is 0 Å². The first-order valence-corrected chi connectivity index (χ1v) is 6.45. The number of carbonyl (C=O) groups is 1. The summed E-state index contributed by atoms with van der Waals surface area (Å²) in [5.74, 6) is -0.342. The minimum Gasteiger partial charge on any atom is -0.496 e. The molecular formula is C17H13NO3. The maximum atomic E-state index is 11.2. The summed E-state index contributed by atoms with van der Waals surface area (Å²) in [4.78, 5) is 15.4. The Hall–Kier alpha value is -2.88. The van der Waals surface area contributed by atoms with E-state index in [1.165, 1.54) is 6.07 Å². The van der Waals surface area contributed by atoms with Crippen molar-refractivity contribution in [1.82, 2.24) is 4.98 Å². The largest absolute Gasteiger partial charge is 0.496 e. The molecule has 0 spiro atoms. The topological polar surface area (TPSA) is 59.4 Å². The van der Waals surface area contributed by atoms with Crippen molar-refractivity contribution >= 4 is 16.7 Å². The highest BCUT2D eigenvalue weighted by Gasteiger charge is 2.13. The van der Waals surface area contributed by atoms with E-state index in [4.69, 9.17) is 4.74 Å². The van der Waals surface area contributed by atoms with Crippen LogP contribution in [-0.2, 0) is 0 Å². The van der Waals surface area contributed by atoms with Gasteiger partial charge in [-0.25, -0.2) is 4.79 Å². The summed E-state index contributed by atoms with van der Waals surface area (Å²) in [6.45, 7) is 0. The first kappa shape index (κ1) is 13.1. The van der Waals surface area contributed by atoms with Gasteiger partial charge < -0.3 is 9.84 Å². The molecule has 1 N–H and O–H groups in total. The van der Waals surface area contributed by atoms with Gasteiger partial charge in [-0.15, -0.1) is 0 Å². The minimum atomic E-state index is -0.966. The third-order valence-corrected chi connectivity index (χ3v) is 3.40. The molecule has 0 atom stereocenters. The van der Waals surface area contributed by atoms with Gasteiger partial charge in [-0.05, 0) is 23.6 Å². The highest BCUT2D eigenvalue weighted by molar-refractivity contribution is 5.99. The van der Waals surface area contributed by atoms with Crippen LogP contribution in [0.25, 0.3) is 21.9 Å². The van der Waals surface area contributed by atoms with Crippen LogP contribution >= 0.6 is 0 Å². The Morgan fingerprint density at radius 1 is 1.10 bits per heavy atom. The molecule has 4 heteroatoms. The molecule has 0 saturated heterocycles. The fourth-order valence-electron chi connectivity index (χ4n) is 2.38. The molecular weight excluding hydrogens is 266 g/mol. The maximum Gasteiger partial charge on any atom is 0.335 e. The number of ether oxygens (including phenoxy) is 1. The second kappa shape index (κ2) is 5.25. The summed E-state index contributed by atoms with van der Waals surface area (Å²) in [6.07, 6.45) is 3.51. The summed E-state index contributed by atoms with van der Waals surface area (Å²) in [7, 11) is 1.57. The summed E-state index contributed by atoms with van der Waals surface area (Å²) in [5.41, 5.74) is 1.80. The van der Waals surface area contributed by atoms with Crippen molar-refractivity contribution in [3.63, 3.8) is 0 Å². The Labute approximate surface area is 121 Å². The van der Waals surface area contributed by atoms with E-state index in [-0.39, 0.29) is 5.56 Å². The van der Waals surface area contributed by atoms with Crippen LogP contribution in [0.1, 0.15) is 10.4 Å². The number of rotatable bonds is 3. The third kappa shape index (κ3) is 2.31. The molecule has 21 heavy (non-hydrogen) atoms. The van der Waals surface area contributed by atoms with Gasteiger partial charge >= 0.3 is 5.97 Å². The van der Waals surface area contributed by atoms with Gasteiger partial charge in [-0.2, -0.15) is 0 Å². The average molecular weight is 279 g/mol. The maximum absolute atomic E-state index is 11.2. The summed E-state index contributed by atoms with van der Waals surface area (Å²) >= 11 is 0. The molecule has 0 bridgehead atoms. The van der Waals surface area contributed by atoms with Crippen molar-refractivity contribution in [3.8, 4) is 16.9 Å². The lowest BCUT2D eigenvalue weighted by Gasteiger charge is -2.11. The SMILES string of the molecule is COc1ccc(C(=O)O)cc1-c1cncc2ccccc12. The highest BCUT2D eigenvalue weighted by Crippen LogP contribution is 2.35. The predicted molar refractivity (Wildman–Crippen MR) is 80.7 cm³/mol. The van der Waals surface area contributed by atoms with Crippen molar-refractivity contribution < 1.29 is 14.6 Å². The van der Waals surface area contributed by atoms with Crippen molar-refractivity contribution in [3.05, 3.63) is 60.4 Å². The fourth-order valence-corrected chi connectivity index (χ4v) is 2.38. The molecule has 0 aliphatic rings. The molecule has 0 unspecified atom stereocenters. The number of carboxylic acids is 1. The van der Waals surface area contributed by atoms with Gasteiger partial charge in [0.05, 0.1) is 12.7 Å². The van der Waals surface area contributed by atoms with Crippen LogP contribution in [0.4, 0.5) is 0 Å². The number of benzene rings is 2. The molecule has 1 aromatic heterocycles. The van der Waals surface area contributed by atoms with E-state index in [0.29, 0.717) is 5.75 Å². The lowest BCUT2D eigenvalue weighted by molar-refractivity contribution is 0.0697. The standard InChI is InChI=1S/C17H13NO3/c1-21-16-7-6-11(17(19)20)8-14(16)15-10-18-9-12-4-2-3-5-13(12)15/h2-10H,1H3,(H,19,20). The molecule has 4 nitrogen and oxygen atoms in total. The Balaban J connectivity index is 2.31. The molecule has 3 aromatic rings. The van der Waals surface area contributed by atoms with Crippen LogP contribution in [0.5, 0.6) is 5.75 Å². The number of fused-ring (bicyclic) bond motifs is 1. The molecule has 0 aliphatic carbocycles. The van der Waals surface area contributed by atoms with E-state index in [2.05, 4.69) is 4.98 Å². The molecule has 1 heterocycles. The number of methoxy groups -OCH3 is 1. The number of pyridine rings is 1. The smallest absolute Gasteiger partial charge is 0.335 e. The van der Waals surface area contributed by atoms with Crippen molar-refractivity contribution in [1.29, 1.82) is 0 Å².